The van der Waals surface area contributed by atoms with Crippen LogP contribution in [0.4, 0.5) is 10.8 Å². The van der Waals surface area contributed by atoms with Crippen LogP contribution in [0.15, 0.2) is 10.6 Å². The minimum absolute atomic E-state index is 0.199. The smallest absolute Gasteiger partial charge is 0.410 e. The van der Waals surface area contributed by atoms with E-state index in [1.165, 1.54) is 0 Å². The molecule has 1 aromatic rings. The Kier molecular flexibility index (Phi) is 3.68. The lowest BCUT2D eigenvalue weighted by atomic mass is 9.95. The van der Waals surface area contributed by atoms with Crippen LogP contribution in [0.5, 0.6) is 0 Å². The van der Waals surface area contributed by atoms with Gasteiger partial charge in [0.15, 0.2) is 0 Å². The number of hydrogen-bond acceptors (Lipinski definition) is 5. The first-order chi connectivity index (χ1) is 8.85. The van der Waals surface area contributed by atoms with Crippen LogP contribution in [-0.2, 0) is 4.74 Å². The zero-order chi connectivity index (χ0) is 14.0. The van der Waals surface area contributed by atoms with Crippen LogP contribution in [0.1, 0.15) is 45.3 Å². The molecule has 0 aromatic carbocycles. The highest BCUT2D eigenvalue weighted by molar-refractivity contribution is 5.68. The molecule has 1 aliphatic rings. The second-order valence-corrected chi connectivity index (χ2v) is 5.84. The van der Waals surface area contributed by atoms with E-state index in [0.29, 0.717) is 13.1 Å². The fraction of sp³-hybridized carbons (Fsp3) is 0.692. The average molecular weight is 267 g/mol. The van der Waals surface area contributed by atoms with Gasteiger partial charge >= 0.3 is 6.09 Å². The molecule has 6 nitrogen and oxygen atoms in total. The van der Waals surface area contributed by atoms with E-state index in [9.17, 15) is 4.79 Å². The number of piperidine rings is 1. The van der Waals surface area contributed by atoms with Crippen LogP contribution < -0.4 is 5.73 Å². The maximum atomic E-state index is 11.9. The summed E-state index contributed by atoms with van der Waals surface area (Å²) in [5, 5.41) is 0. The Hall–Kier alpha value is -1.72. The van der Waals surface area contributed by atoms with E-state index in [-0.39, 0.29) is 18.0 Å². The standard InChI is InChI=1S/C13H21N3O3/c1-13(2,3)19-12(17)16-6-4-9(5-7-16)10-8-15-11(14)18-10/h8-9H,4-7H2,1-3H3,(H2,14,15). The monoisotopic (exact) mass is 267 g/mol. The molecule has 1 fully saturated rings. The lowest BCUT2D eigenvalue weighted by Crippen LogP contribution is -2.41. The van der Waals surface area contributed by atoms with Crippen molar-refractivity contribution in [2.75, 3.05) is 18.8 Å². The number of aromatic nitrogens is 1. The van der Waals surface area contributed by atoms with E-state index < -0.39 is 5.60 Å². The number of ether oxygens (including phenoxy) is 1. The van der Waals surface area contributed by atoms with Gasteiger partial charge in [-0.3, -0.25) is 0 Å². The molecule has 2 rings (SSSR count). The third-order valence-corrected chi connectivity index (χ3v) is 3.09. The predicted molar refractivity (Wildman–Crippen MR) is 70.7 cm³/mol. The van der Waals surface area contributed by atoms with Crippen LogP contribution >= 0.6 is 0 Å². The van der Waals surface area contributed by atoms with Gasteiger partial charge in [-0.05, 0) is 33.6 Å². The van der Waals surface area contributed by atoms with E-state index in [2.05, 4.69) is 4.98 Å². The Morgan fingerprint density at radius 3 is 2.58 bits per heavy atom. The minimum Gasteiger partial charge on any atom is -0.444 e. The molecule has 19 heavy (non-hydrogen) atoms. The Balaban J connectivity index is 1.87. The van der Waals surface area contributed by atoms with Crippen LogP contribution in [0, 0.1) is 0 Å². The van der Waals surface area contributed by atoms with Crippen molar-refractivity contribution in [3.05, 3.63) is 12.0 Å². The summed E-state index contributed by atoms with van der Waals surface area (Å²) in [7, 11) is 0. The first kappa shape index (κ1) is 13.7. The Bertz CT molecular complexity index is 442. The summed E-state index contributed by atoms with van der Waals surface area (Å²) in [5.41, 5.74) is 5.02. The van der Waals surface area contributed by atoms with Gasteiger partial charge in [-0.1, -0.05) is 0 Å². The number of carbonyl (C=O) groups is 1. The first-order valence-corrected chi connectivity index (χ1v) is 6.54. The number of hydrogen-bond donors (Lipinski definition) is 1. The zero-order valence-corrected chi connectivity index (χ0v) is 11.7. The molecule has 1 aromatic heterocycles. The van der Waals surface area contributed by atoms with Crippen molar-refractivity contribution >= 4 is 12.1 Å². The quantitative estimate of drug-likeness (QED) is 0.844. The number of amides is 1. The van der Waals surface area contributed by atoms with Crippen molar-refractivity contribution in [2.45, 2.75) is 45.1 Å². The molecule has 106 valence electrons. The molecule has 0 atom stereocenters. The lowest BCUT2D eigenvalue weighted by Gasteiger charge is -2.32. The third kappa shape index (κ3) is 3.62. The summed E-state index contributed by atoms with van der Waals surface area (Å²) in [6, 6.07) is 0.199. The fourth-order valence-electron chi connectivity index (χ4n) is 2.16. The van der Waals surface area contributed by atoms with Crippen molar-refractivity contribution < 1.29 is 13.9 Å². The second-order valence-electron chi connectivity index (χ2n) is 5.84. The number of oxazole rings is 1. The van der Waals surface area contributed by atoms with Crippen molar-refractivity contribution in [2.24, 2.45) is 0 Å². The molecule has 2 N–H and O–H groups in total. The average Bonchev–Trinajstić information content (AvgIpc) is 2.74. The maximum Gasteiger partial charge on any atom is 0.410 e. The van der Waals surface area contributed by atoms with E-state index in [4.69, 9.17) is 14.9 Å². The molecule has 0 radical (unpaired) electrons. The number of nitrogen functional groups attached to an aromatic ring is 1. The molecule has 1 amide bonds. The third-order valence-electron chi connectivity index (χ3n) is 3.09. The number of anilines is 1. The summed E-state index contributed by atoms with van der Waals surface area (Å²) in [5.74, 6) is 1.09. The molecule has 0 unspecified atom stereocenters. The van der Waals surface area contributed by atoms with Gasteiger partial charge in [0, 0.05) is 19.0 Å². The van der Waals surface area contributed by atoms with Gasteiger partial charge in [0.25, 0.3) is 6.01 Å². The lowest BCUT2D eigenvalue weighted by molar-refractivity contribution is 0.0200. The molecular weight excluding hydrogens is 246 g/mol. The van der Waals surface area contributed by atoms with Crippen molar-refractivity contribution in [1.29, 1.82) is 0 Å². The molecule has 0 bridgehead atoms. The topological polar surface area (TPSA) is 81.6 Å². The van der Waals surface area contributed by atoms with Gasteiger partial charge < -0.3 is 19.8 Å². The van der Waals surface area contributed by atoms with E-state index in [1.54, 1.807) is 11.1 Å². The molecule has 6 heteroatoms. The minimum atomic E-state index is -0.451. The van der Waals surface area contributed by atoms with Crippen LogP contribution in [-0.4, -0.2) is 34.7 Å². The molecule has 1 aliphatic heterocycles. The summed E-state index contributed by atoms with van der Waals surface area (Å²) in [6.07, 6.45) is 3.10. The van der Waals surface area contributed by atoms with E-state index in [0.717, 1.165) is 18.6 Å². The van der Waals surface area contributed by atoms with Crippen molar-refractivity contribution in [1.82, 2.24) is 9.88 Å². The van der Waals surface area contributed by atoms with Crippen LogP contribution in [0.25, 0.3) is 0 Å². The van der Waals surface area contributed by atoms with E-state index in [1.807, 2.05) is 20.8 Å². The summed E-state index contributed by atoms with van der Waals surface area (Å²) < 4.78 is 10.7. The summed E-state index contributed by atoms with van der Waals surface area (Å²) in [4.78, 5) is 17.5. The van der Waals surface area contributed by atoms with Gasteiger partial charge in [0.1, 0.15) is 11.4 Å². The van der Waals surface area contributed by atoms with Gasteiger partial charge in [-0.2, -0.15) is 0 Å². The highest BCUT2D eigenvalue weighted by Gasteiger charge is 2.28. The molecule has 0 aliphatic carbocycles. The largest absolute Gasteiger partial charge is 0.444 e. The fourth-order valence-corrected chi connectivity index (χ4v) is 2.16. The SMILES string of the molecule is CC(C)(C)OC(=O)N1CCC(c2cnc(N)o2)CC1. The molecule has 2 heterocycles. The van der Waals surface area contributed by atoms with Crippen LogP contribution in [0.2, 0.25) is 0 Å². The number of rotatable bonds is 1. The van der Waals surface area contributed by atoms with Gasteiger partial charge in [0.2, 0.25) is 0 Å². The Labute approximate surface area is 112 Å². The van der Waals surface area contributed by atoms with Gasteiger partial charge in [-0.25, -0.2) is 9.78 Å². The zero-order valence-electron chi connectivity index (χ0n) is 11.7. The van der Waals surface area contributed by atoms with E-state index >= 15 is 0 Å². The first-order valence-electron chi connectivity index (χ1n) is 6.54. The highest BCUT2D eigenvalue weighted by atomic mass is 16.6. The molecule has 0 saturated carbocycles. The van der Waals surface area contributed by atoms with Crippen LogP contribution in [0.3, 0.4) is 0 Å². The molecular formula is C13H21N3O3. The summed E-state index contributed by atoms with van der Waals surface area (Å²) >= 11 is 0. The maximum absolute atomic E-state index is 11.9. The van der Waals surface area contributed by atoms with Gasteiger partial charge in [0.05, 0.1) is 6.20 Å². The number of nitrogens with two attached hydrogens (primary N) is 1. The number of likely N-dealkylation sites (tertiary alicyclic amines) is 1. The normalized spacial score (nSPS) is 17.5. The number of carbonyl (C=O) groups excluding carboxylic acids is 1. The predicted octanol–water partition coefficient (Wildman–Crippen LogP) is 2.37. The number of nitrogens with zero attached hydrogens (tertiary/aromatic N) is 2. The molecule has 1 saturated heterocycles. The Morgan fingerprint density at radius 1 is 1.47 bits per heavy atom. The Morgan fingerprint density at radius 2 is 2.11 bits per heavy atom. The van der Waals surface area contributed by atoms with Crippen molar-refractivity contribution in [3.8, 4) is 0 Å². The molecule has 0 spiro atoms. The van der Waals surface area contributed by atoms with Crippen molar-refractivity contribution in [3.63, 3.8) is 0 Å². The second kappa shape index (κ2) is 5.11. The highest BCUT2D eigenvalue weighted by Crippen LogP contribution is 2.29. The summed E-state index contributed by atoms with van der Waals surface area (Å²) in [6.45, 7) is 6.94. The van der Waals surface area contributed by atoms with Gasteiger partial charge in [-0.15, -0.1) is 0 Å².